The summed E-state index contributed by atoms with van der Waals surface area (Å²) in [5.74, 6) is 2.34. The number of carbonyl (C=O) groups excluding carboxylic acids is 2. The van der Waals surface area contributed by atoms with E-state index in [1.54, 1.807) is 17.0 Å². The van der Waals surface area contributed by atoms with Crippen molar-refractivity contribution in [2.45, 2.75) is 38.6 Å². The molecule has 9 heteroatoms. The van der Waals surface area contributed by atoms with Gasteiger partial charge in [0, 0.05) is 29.9 Å². The SMILES string of the molecule is C#CC(=O)N1CCCC(n2nc(-c3cccc(C(=O)Nc4ccc(C(C)C)cc4)c3)c3c(N)ncnc32)C1. The molecule has 9 nitrogen and oxygen atoms in total. The molecule has 0 bridgehead atoms. The Morgan fingerprint density at radius 1 is 1.16 bits per heavy atom. The summed E-state index contributed by atoms with van der Waals surface area (Å²) < 4.78 is 1.81. The van der Waals surface area contributed by atoms with Crippen LogP contribution in [0.3, 0.4) is 0 Å². The second kappa shape index (κ2) is 10.3. The first-order valence-electron chi connectivity index (χ1n) is 12.6. The molecule has 0 radical (unpaired) electrons. The summed E-state index contributed by atoms with van der Waals surface area (Å²) in [7, 11) is 0. The smallest absolute Gasteiger partial charge is 0.298 e. The fourth-order valence-electron chi connectivity index (χ4n) is 4.84. The second-order valence-corrected chi connectivity index (χ2v) is 9.75. The lowest BCUT2D eigenvalue weighted by Gasteiger charge is -2.31. The lowest BCUT2D eigenvalue weighted by molar-refractivity contribution is -0.126. The summed E-state index contributed by atoms with van der Waals surface area (Å²) in [6, 6.07) is 14.9. The molecule has 3 N–H and O–H groups in total. The number of nitrogen functional groups attached to an aromatic ring is 1. The molecule has 192 valence electrons. The highest BCUT2D eigenvalue weighted by Gasteiger charge is 2.28. The molecule has 5 rings (SSSR count). The van der Waals surface area contributed by atoms with E-state index in [1.807, 2.05) is 41.1 Å². The largest absolute Gasteiger partial charge is 0.383 e. The van der Waals surface area contributed by atoms with Crippen molar-refractivity contribution in [1.29, 1.82) is 0 Å². The van der Waals surface area contributed by atoms with Crippen LogP contribution < -0.4 is 11.1 Å². The number of hydrogen-bond donors (Lipinski definition) is 2. The van der Waals surface area contributed by atoms with Crippen molar-refractivity contribution in [2.24, 2.45) is 0 Å². The van der Waals surface area contributed by atoms with Crippen LogP contribution in [0.25, 0.3) is 22.3 Å². The van der Waals surface area contributed by atoms with E-state index in [0.717, 1.165) is 18.5 Å². The molecule has 1 unspecified atom stereocenters. The van der Waals surface area contributed by atoms with Gasteiger partial charge in [0.05, 0.1) is 11.4 Å². The molecule has 2 aromatic heterocycles. The second-order valence-electron chi connectivity index (χ2n) is 9.75. The van der Waals surface area contributed by atoms with Crippen molar-refractivity contribution in [3.05, 3.63) is 66.0 Å². The summed E-state index contributed by atoms with van der Waals surface area (Å²) >= 11 is 0. The fraction of sp³-hybridized carbons (Fsp3) is 0.276. The van der Waals surface area contributed by atoms with Crippen LogP contribution in [0.2, 0.25) is 0 Å². The lowest BCUT2D eigenvalue weighted by Crippen LogP contribution is -2.40. The molecule has 1 aliphatic rings. The van der Waals surface area contributed by atoms with E-state index in [-0.39, 0.29) is 17.9 Å². The monoisotopic (exact) mass is 507 g/mol. The average Bonchev–Trinajstić information content (AvgIpc) is 3.34. The number of aromatic nitrogens is 4. The number of amides is 2. The van der Waals surface area contributed by atoms with Crippen LogP contribution >= 0.6 is 0 Å². The first kappa shape index (κ1) is 25.0. The standard InChI is InChI=1S/C29H29N7O2/c1-4-24(37)35-14-6-9-23(16-35)36-28-25(27(30)31-17-32-28)26(34-36)20-7-5-8-21(15-20)29(38)33-22-12-10-19(11-13-22)18(2)3/h1,5,7-8,10-13,15,17-18,23H,6,9,14,16H2,2-3H3,(H,33,38)(H2,30,31,32). The zero-order chi connectivity index (χ0) is 26.8. The zero-order valence-corrected chi connectivity index (χ0v) is 21.4. The topological polar surface area (TPSA) is 119 Å². The minimum absolute atomic E-state index is 0.119. The molecule has 2 amide bonds. The molecular formula is C29H29N7O2. The van der Waals surface area contributed by atoms with Crippen molar-refractivity contribution in [3.63, 3.8) is 0 Å². The number of hydrogen-bond acceptors (Lipinski definition) is 6. The van der Waals surface area contributed by atoms with E-state index in [2.05, 4.69) is 35.1 Å². The minimum atomic E-state index is -0.335. The third kappa shape index (κ3) is 4.81. The first-order chi connectivity index (χ1) is 18.4. The van der Waals surface area contributed by atoms with Crippen molar-refractivity contribution in [3.8, 4) is 23.6 Å². The number of terminal acetylenes is 1. The van der Waals surface area contributed by atoms with Crippen molar-refractivity contribution >= 4 is 34.4 Å². The number of carbonyl (C=O) groups is 2. The number of nitrogens with one attached hydrogen (secondary N) is 1. The van der Waals surface area contributed by atoms with Gasteiger partial charge < -0.3 is 16.0 Å². The molecule has 0 spiro atoms. The minimum Gasteiger partial charge on any atom is -0.383 e. The van der Waals surface area contributed by atoms with Gasteiger partial charge in [0.2, 0.25) is 0 Å². The van der Waals surface area contributed by atoms with Crippen molar-refractivity contribution in [2.75, 3.05) is 24.1 Å². The van der Waals surface area contributed by atoms with E-state index in [0.29, 0.717) is 52.7 Å². The normalized spacial score (nSPS) is 15.4. The van der Waals surface area contributed by atoms with E-state index in [4.69, 9.17) is 17.3 Å². The van der Waals surface area contributed by atoms with Crippen LogP contribution in [0.4, 0.5) is 11.5 Å². The van der Waals surface area contributed by atoms with Crippen molar-refractivity contribution < 1.29 is 9.59 Å². The molecule has 1 atom stereocenters. The summed E-state index contributed by atoms with van der Waals surface area (Å²) in [5, 5.41) is 8.46. The Morgan fingerprint density at radius 3 is 2.68 bits per heavy atom. The molecule has 38 heavy (non-hydrogen) atoms. The van der Waals surface area contributed by atoms with E-state index in [9.17, 15) is 9.59 Å². The van der Waals surface area contributed by atoms with Gasteiger partial charge in [-0.3, -0.25) is 9.59 Å². The van der Waals surface area contributed by atoms with Gasteiger partial charge in [-0.1, -0.05) is 38.1 Å². The maximum absolute atomic E-state index is 13.1. The van der Waals surface area contributed by atoms with Gasteiger partial charge >= 0.3 is 0 Å². The van der Waals surface area contributed by atoms with Gasteiger partial charge in [0.25, 0.3) is 11.8 Å². The quantitative estimate of drug-likeness (QED) is 0.390. The first-order valence-corrected chi connectivity index (χ1v) is 12.6. The molecule has 1 aliphatic heterocycles. The Balaban J connectivity index is 1.48. The third-order valence-corrected chi connectivity index (χ3v) is 6.90. The van der Waals surface area contributed by atoms with E-state index >= 15 is 0 Å². The number of benzene rings is 2. The molecule has 0 aliphatic carbocycles. The van der Waals surface area contributed by atoms with Crippen LogP contribution in [0.1, 0.15) is 54.6 Å². The predicted octanol–water partition coefficient (Wildman–Crippen LogP) is 4.25. The Kier molecular flexibility index (Phi) is 6.79. The number of fused-ring (bicyclic) bond motifs is 1. The maximum atomic E-state index is 13.1. The Labute approximate surface area is 221 Å². The molecular weight excluding hydrogens is 478 g/mol. The third-order valence-electron chi connectivity index (χ3n) is 6.90. The summed E-state index contributed by atoms with van der Waals surface area (Å²) in [6.45, 7) is 5.30. The van der Waals surface area contributed by atoms with Gasteiger partial charge in [-0.2, -0.15) is 5.10 Å². The number of anilines is 2. The lowest BCUT2D eigenvalue weighted by atomic mass is 10.0. The number of rotatable bonds is 5. The van der Waals surface area contributed by atoms with E-state index in [1.165, 1.54) is 11.9 Å². The molecule has 0 saturated carbocycles. The van der Waals surface area contributed by atoms with Gasteiger partial charge in [0.1, 0.15) is 17.8 Å². The van der Waals surface area contributed by atoms with Gasteiger partial charge in [0.15, 0.2) is 5.65 Å². The van der Waals surface area contributed by atoms with Crippen LogP contribution in [0, 0.1) is 12.3 Å². The average molecular weight is 508 g/mol. The fourth-order valence-corrected chi connectivity index (χ4v) is 4.84. The summed E-state index contributed by atoms with van der Waals surface area (Å²) in [5.41, 5.74) is 10.6. The molecule has 1 saturated heterocycles. The van der Waals surface area contributed by atoms with Crippen molar-refractivity contribution in [1.82, 2.24) is 24.6 Å². The van der Waals surface area contributed by atoms with Gasteiger partial charge in [-0.15, -0.1) is 6.42 Å². The van der Waals surface area contributed by atoms with E-state index < -0.39 is 0 Å². The highest BCUT2D eigenvalue weighted by molar-refractivity contribution is 6.06. The predicted molar refractivity (Wildman–Crippen MR) is 147 cm³/mol. The Bertz CT molecular complexity index is 1550. The highest BCUT2D eigenvalue weighted by atomic mass is 16.2. The Hall–Kier alpha value is -4.71. The van der Waals surface area contributed by atoms with Crippen LogP contribution in [0.5, 0.6) is 0 Å². The Morgan fingerprint density at radius 2 is 1.95 bits per heavy atom. The number of piperidine rings is 1. The number of nitrogens with zero attached hydrogens (tertiary/aromatic N) is 5. The molecule has 3 heterocycles. The summed E-state index contributed by atoms with van der Waals surface area (Å²) in [4.78, 5) is 35.5. The highest BCUT2D eigenvalue weighted by Crippen LogP contribution is 2.34. The molecule has 4 aromatic rings. The summed E-state index contributed by atoms with van der Waals surface area (Å²) in [6.07, 6.45) is 8.36. The number of nitrogens with two attached hydrogens (primary N) is 1. The molecule has 1 fully saturated rings. The van der Waals surface area contributed by atoms with Crippen LogP contribution in [-0.2, 0) is 4.79 Å². The van der Waals surface area contributed by atoms with Gasteiger partial charge in [-0.25, -0.2) is 14.6 Å². The maximum Gasteiger partial charge on any atom is 0.298 e. The van der Waals surface area contributed by atoms with Crippen LogP contribution in [-0.4, -0.2) is 49.6 Å². The van der Waals surface area contributed by atoms with Crippen LogP contribution in [0.15, 0.2) is 54.9 Å². The zero-order valence-electron chi connectivity index (χ0n) is 21.4. The molecule has 2 aromatic carbocycles. The number of likely N-dealkylation sites (tertiary alicyclic amines) is 1. The van der Waals surface area contributed by atoms with Gasteiger partial charge in [-0.05, 0) is 54.5 Å².